The minimum atomic E-state index is -1.36. The van der Waals surface area contributed by atoms with Crippen LogP contribution in [-0.4, -0.2) is 32.5 Å². The van der Waals surface area contributed by atoms with Gasteiger partial charge in [0, 0.05) is 59.5 Å². The number of rotatable bonds is 7. The molecule has 0 saturated heterocycles. The third-order valence-electron chi connectivity index (χ3n) is 6.65. The van der Waals surface area contributed by atoms with Gasteiger partial charge in [0.1, 0.15) is 0 Å². The van der Waals surface area contributed by atoms with Gasteiger partial charge in [0.15, 0.2) is 11.6 Å². The van der Waals surface area contributed by atoms with Crippen molar-refractivity contribution >= 4 is 11.6 Å². The first kappa shape index (κ1) is 21.9. The predicted octanol–water partition coefficient (Wildman–Crippen LogP) is 3.98. The van der Waals surface area contributed by atoms with Gasteiger partial charge in [-0.1, -0.05) is 11.1 Å². The summed E-state index contributed by atoms with van der Waals surface area (Å²) in [4.78, 5) is 47.0. The Labute approximate surface area is 164 Å². The smallest absolute Gasteiger partial charge is 0.227 e. The van der Waals surface area contributed by atoms with Crippen LogP contribution in [0.4, 0.5) is 0 Å². The molecule has 0 saturated carbocycles. The summed E-state index contributed by atoms with van der Waals surface area (Å²) in [6.45, 7) is 6.43. The van der Waals surface area contributed by atoms with Gasteiger partial charge in [0.2, 0.25) is 11.1 Å². The molecule has 0 heterocycles. The van der Waals surface area contributed by atoms with Crippen LogP contribution in [0.15, 0.2) is 22.3 Å². The van der Waals surface area contributed by atoms with Gasteiger partial charge < -0.3 is 0 Å². The van der Waals surface area contributed by atoms with E-state index in [1.807, 2.05) is 13.8 Å². The van der Waals surface area contributed by atoms with Crippen LogP contribution in [0.5, 0.6) is 0 Å². The Hall–Kier alpha value is -2.38. The van der Waals surface area contributed by atoms with Crippen molar-refractivity contribution in [2.75, 3.05) is 0 Å². The van der Waals surface area contributed by atoms with Gasteiger partial charge in [-0.3, -0.25) is 29.8 Å². The number of ketones is 2. The zero-order chi connectivity index (χ0) is 21.3. The van der Waals surface area contributed by atoms with Crippen LogP contribution in [0.2, 0.25) is 0 Å². The molecule has 154 valence electrons. The van der Waals surface area contributed by atoms with Gasteiger partial charge >= 0.3 is 0 Å². The third kappa shape index (κ3) is 4.05. The molecule has 0 fully saturated rings. The Kier molecular flexibility index (Phi) is 6.21. The molecule has 0 aromatic carbocycles. The summed E-state index contributed by atoms with van der Waals surface area (Å²) in [7, 11) is 0. The van der Waals surface area contributed by atoms with E-state index in [9.17, 15) is 29.8 Å². The van der Waals surface area contributed by atoms with Crippen molar-refractivity contribution in [2.45, 2.75) is 90.1 Å². The van der Waals surface area contributed by atoms with Crippen LogP contribution in [0.3, 0.4) is 0 Å². The minimum Gasteiger partial charge on any atom is -0.295 e. The summed E-state index contributed by atoms with van der Waals surface area (Å²) in [6.07, 6.45) is 1.51. The Morgan fingerprint density at radius 1 is 0.821 bits per heavy atom. The summed E-state index contributed by atoms with van der Waals surface area (Å²) < 4.78 is 0. The highest BCUT2D eigenvalue weighted by Gasteiger charge is 2.52. The quantitative estimate of drug-likeness (QED) is 0.477. The van der Waals surface area contributed by atoms with E-state index in [1.54, 1.807) is 0 Å². The standard InChI is InChI=1S/C20H28N2O6/c1-13-5-7-19(21(25)26,11-17(13)15(3)23)9-10-20(22(27)28)8-6-14(2)18(12-20)16(4)24/h5-12H2,1-4H3. The molecular formula is C20H28N2O6. The lowest BCUT2D eigenvalue weighted by atomic mass is 9.69. The van der Waals surface area contributed by atoms with Crippen LogP contribution in [-0.2, 0) is 9.59 Å². The average molecular weight is 392 g/mol. The number of allylic oxidation sites excluding steroid dienone is 2. The number of nitro groups is 2. The second kappa shape index (κ2) is 7.93. The van der Waals surface area contributed by atoms with E-state index >= 15 is 0 Å². The van der Waals surface area contributed by atoms with Crippen molar-refractivity contribution in [3.8, 4) is 0 Å². The zero-order valence-corrected chi connectivity index (χ0v) is 17.0. The third-order valence-corrected chi connectivity index (χ3v) is 6.65. The van der Waals surface area contributed by atoms with Crippen molar-refractivity contribution in [3.05, 3.63) is 42.5 Å². The van der Waals surface area contributed by atoms with Gasteiger partial charge in [-0.05, 0) is 40.5 Å². The summed E-state index contributed by atoms with van der Waals surface area (Å²) in [6, 6.07) is 0. The normalized spacial score (nSPS) is 28.3. The molecule has 0 spiro atoms. The van der Waals surface area contributed by atoms with Gasteiger partial charge in [-0.15, -0.1) is 0 Å². The molecule has 0 aliphatic heterocycles. The SMILES string of the molecule is CC(=O)C1=C(C)CCC(CCC2([N+](=O)[O-])CCC(C)=C(C(C)=O)C2)([N+](=O)[O-])C1. The molecule has 2 aliphatic rings. The highest BCUT2D eigenvalue weighted by Crippen LogP contribution is 2.44. The van der Waals surface area contributed by atoms with Crippen molar-refractivity contribution < 1.29 is 19.4 Å². The number of carbonyl (C=O) groups excluding carboxylic acids is 2. The summed E-state index contributed by atoms with van der Waals surface area (Å²) >= 11 is 0. The highest BCUT2D eigenvalue weighted by molar-refractivity contribution is 5.94. The van der Waals surface area contributed by atoms with Crippen LogP contribution >= 0.6 is 0 Å². The second-order valence-corrected chi connectivity index (χ2v) is 8.45. The van der Waals surface area contributed by atoms with E-state index < -0.39 is 11.1 Å². The van der Waals surface area contributed by atoms with E-state index in [-0.39, 0.29) is 59.9 Å². The molecule has 2 rings (SSSR count). The first-order valence-electron chi connectivity index (χ1n) is 9.62. The molecular weight excluding hydrogens is 364 g/mol. The van der Waals surface area contributed by atoms with Gasteiger partial charge in [-0.25, -0.2) is 0 Å². The molecule has 2 aliphatic carbocycles. The predicted molar refractivity (Wildman–Crippen MR) is 103 cm³/mol. The molecule has 0 aromatic heterocycles. The second-order valence-electron chi connectivity index (χ2n) is 8.45. The summed E-state index contributed by atoms with van der Waals surface area (Å²) in [5.74, 6) is -0.356. The maximum atomic E-state index is 12.0. The maximum Gasteiger partial charge on any atom is 0.227 e. The molecule has 2 unspecified atom stereocenters. The topological polar surface area (TPSA) is 120 Å². The van der Waals surface area contributed by atoms with Crippen LogP contribution in [0.25, 0.3) is 0 Å². The van der Waals surface area contributed by atoms with Crippen molar-refractivity contribution in [3.63, 3.8) is 0 Å². The maximum absolute atomic E-state index is 12.0. The molecule has 0 N–H and O–H groups in total. The molecule has 28 heavy (non-hydrogen) atoms. The van der Waals surface area contributed by atoms with Crippen LogP contribution < -0.4 is 0 Å². The van der Waals surface area contributed by atoms with Gasteiger partial charge in [0.05, 0.1) is 0 Å². The fourth-order valence-electron chi connectivity index (χ4n) is 4.52. The lowest BCUT2D eigenvalue weighted by Crippen LogP contribution is -2.47. The van der Waals surface area contributed by atoms with E-state index in [4.69, 9.17) is 0 Å². The molecule has 2 atom stereocenters. The fourth-order valence-corrected chi connectivity index (χ4v) is 4.52. The van der Waals surface area contributed by atoms with Crippen molar-refractivity contribution in [1.82, 2.24) is 0 Å². The molecule has 0 bridgehead atoms. The van der Waals surface area contributed by atoms with Crippen LogP contribution in [0, 0.1) is 20.2 Å². The average Bonchev–Trinajstić information content (AvgIpc) is 2.61. The number of nitrogens with zero attached hydrogens (tertiary/aromatic N) is 2. The number of Topliss-reactive ketones (excluding diaryl/α,β-unsaturated/α-hetero) is 2. The van der Waals surface area contributed by atoms with E-state index in [1.165, 1.54) is 13.8 Å². The van der Waals surface area contributed by atoms with E-state index in [2.05, 4.69) is 0 Å². The number of hydrogen-bond donors (Lipinski definition) is 0. The Balaban J connectivity index is 2.32. The van der Waals surface area contributed by atoms with Crippen molar-refractivity contribution in [2.24, 2.45) is 0 Å². The lowest BCUT2D eigenvalue weighted by Gasteiger charge is -2.35. The fraction of sp³-hybridized carbons (Fsp3) is 0.700. The largest absolute Gasteiger partial charge is 0.295 e. The molecule has 0 radical (unpaired) electrons. The summed E-state index contributed by atoms with van der Waals surface area (Å²) in [5.41, 5.74) is -0.0522. The Morgan fingerprint density at radius 3 is 1.39 bits per heavy atom. The first-order valence-corrected chi connectivity index (χ1v) is 9.62. The molecule has 8 nitrogen and oxygen atoms in total. The zero-order valence-electron chi connectivity index (χ0n) is 17.0. The Morgan fingerprint density at radius 2 is 1.14 bits per heavy atom. The number of carbonyl (C=O) groups is 2. The summed E-state index contributed by atoms with van der Waals surface area (Å²) in [5, 5.41) is 23.9. The molecule has 0 aromatic rings. The number of hydrogen-bond acceptors (Lipinski definition) is 6. The van der Waals surface area contributed by atoms with E-state index in [0.29, 0.717) is 24.0 Å². The van der Waals surface area contributed by atoms with E-state index in [0.717, 1.165) is 11.1 Å². The first-order chi connectivity index (χ1) is 12.9. The molecule has 8 heteroatoms. The highest BCUT2D eigenvalue weighted by atomic mass is 16.6. The van der Waals surface area contributed by atoms with Crippen molar-refractivity contribution in [1.29, 1.82) is 0 Å². The van der Waals surface area contributed by atoms with Gasteiger partial charge in [0.25, 0.3) is 0 Å². The Bertz CT molecular complexity index is 731. The van der Waals surface area contributed by atoms with Crippen LogP contribution in [0.1, 0.15) is 79.1 Å². The minimum absolute atomic E-state index is 0.0173. The monoisotopic (exact) mass is 392 g/mol. The molecule has 0 amide bonds. The lowest BCUT2D eigenvalue weighted by molar-refractivity contribution is -0.590. The van der Waals surface area contributed by atoms with Gasteiger partial charge in [-0.2, -0.15) is 0 Å².